The summed E-state index contributed by atoms with van der Waals surface area (Å²) in [5.74, 6) is 0. The first kappa shape index (κ1) is 16.4. The van der Waals surface area contributed by atoms with Crippen molar-refractivity contribution in [1.29, 1.82) is 0 Å². The third-order valence-electron chi connectivity index (χ3n) is 4.85. The number of anilines is 1. The van der Waals surface area contributed by atoms with Crippen molar-refractivity contribution in [2.24, 2.45) is 0 Å². The number of hydrogen-bond donors (Lipinski definition) is 0. The Balaban J connectivity index is 1.58. The minimum atomic E-state index is 1.06. The van der Waals surface area contributed by atoms with Crippen LogP contribution in [0.3, 0.4) is 0 Å². The van der Waals surface area contributed by atoms with Crippen molar-refractivity contribution < 1.29 is 0 Å². The highest BCUT2D eigenvalue weighted by atomic mass is 32.2. The third-order valence-corrected chi connectivity index (χ3v) is 5.60. The Morgan fingerprint density at radius 2 is 1.61 bits per heavy atom. The van der Waals surface area contributed by atoms with Gasteiger partial charge in [-0.1, -0.05) is 24.3 Å². The van der Waals surface area contributed by atoms with Crippen LogP contribution >= 0.6 is 11.8 Å². The lowest BCUT2D eigenvalue weighted by Gasteiger charge is -2.37. The van der Waals surface area contributed by atoms with Crippen molar-refractivity contribution in [2.75, 3.05) is 37.3 Å². The van der Waals surface area contributed by atoms with Gasteiger partial charge in [0.05, 0.1) is 0 Å². The molecule has 0 aromatic heterocycles. The van der Waals surface area contributed by atoms with Crippen molar-refractivity contribution in [3.8, 4) is 0 Å². The van der Waals surface area contributed by atoms with Gasteiger partial charge in [0.2, 0.25) is 0 Å². The molecule has 0 saturated carbocycles. The molecule has 3 rings (SSSR count). The van der Waals surface area contributed by atoms with Crippen molar-refractivity contribution >= 4 is 17.4 Å². The fourth-order valence-electron chi connectivity index (χ4n) is 3.21. The van der Waals surface area contributed by atoms with Crippen LogP contribution in [-0.4, -0.2) is 37.3 Å². The van der Waals surface area contributed by atoms with E-state index in [0.717, 1.165) is 32.7 Å². The molecule has 2 aromatic rings. The van der Waals surface area contributed by atoms with Crippen LogP contribution in [0, 0.1) is 13.8 Å². The standard InChI is InChI=1S/C20H26N2S/c1-16-5-4-6-20(17(16)2)22-13-11-21(12-14-22)15-18-7-9-19(23-3)10-8-18/h4-10H,11-15H2,1-3H3. The van der Waals surface area contributed by atoms with Gasteiger partial charge in [-0.25, -0.2) is 0 Å². The molecular formula is C20H26N2S. The average molecular weight is 327 g/mol. The van der Waals surface area contributed by atoms with E-state index in [9.17, 15) is 0 Å². The van der Waals surface area contributed by atoms with E-state index in [2.05, 4.69) is 72.4 Å². The highest BCUT2D eigenvalue weighted by Gasteiger charge is 2.18. The summed E-state index contributed by atoms with van der Waals surface area (Å²) in [7, 11) is 0. The van der Waals surface area contributed by atoms with E-state index < -0.39 is 0 Å². The Bertz CT molecular complexity index is 643. The molecule has 3 heteroatoms. The van der Waals surface area contributed by atoms with Gasteiger partial charge in [-0.2, -0.15) is 0 Å². The van der Waals surface area contributed by atoms with Crippen LogP contribution in [0.2, 0.25) is 0 Å². The van der Waals surface area contributed by atoms with Crippen LogP contribution in [0.1, 0.15) is 16.7 Å². The normalized spacial score (nSPS) is 15.9. The summed E-state index contributed by atoms with van der Waals surface area (Å²) >= 11 is 1.80. The first-order valence-electron chi connectivity index (χ1n) is 8.34. The molecule has 0 atom stereocenters. The lowest BCUT2D eigenvalue weighted by molar-refractivity contribution is 0.250. The second kappa shape index (κ2) is 7.41. The second-order valence-corrected chi connectivity index (χ2v) is 7.21. The summed E-state index contributed by atoms with van der Waals surface area (Å²) in [5.41, 5.74) is 5.64. The molecule has 2 nitrogen and oxygen atoms in total. The van der Waals surface area contributed by atoms with E-state index in [1.165, 1.54) is 27.3 Å². The number of hydrogen-bond acceptors (Lipinski definition) is 3. The van der Waals surface area contributed by atoms with E-state index >= 15 is 0 Å². The minimum absolute atomic E-state index is 1.06. The van der Waals surface area contributed by atoms with E-state index in [1.54, 1.807) is 11.8 Å². The molecule has 0 bridgehead atoms. The van der Waals surface area contributed by atoms with Gasteiger partial charge in [0, 0.05) is 43.3 Å². The van der Waals surface area contributed by atoms with Crippen molar-refractivity contribution in [3.05, 3.63) is 59.2 Å². The van der Waals surface area contributed by atoms with Gasteiger partial charge in [-0.15, -0.1) is 11.8 Å². The number of nitrogens with zero attached hydrogens (tertiary/aromatic N) is 2. The molecule has 0 amide bonds. The number of rotatable bonds is 4. The molecule has 0 unspecified atom stereocenters. The summed E-state index contributed by atoms with van der Waals surface area (Å²) in [6.45, 7) is 10.0. The Labute approximate surface area is 144 Å². The summed E-state index contributed by atoms with van der Waals surface area (Å²) in [4.78, 5) is 6.44. The average Bonchev–Trinajstić information content (AvgIpc) is 2.59. The maximum atomic E-state index is 2.57. The van der Waals surface area contributed by atoms with Crippen LogP contribution < -0.4 is 4.90 Å². The predicted octanol–water partition coefficient (Wildman–Crippen LogP) is 4.35. The van der Waals surface area contributed by atoms with Gasteiger partial charge in [0.15, 0.2) is 0 Å². The van der Waals surface area contributed by atoms with Gasteiger partial charge in [-0.05, 0) is 55.0 Å². The molecular weight excluding hydrogens is 300 g/mol. The zero-order valence-electron chi connectivity index (χ0n) is 14.4. The second-order valence-electron chi connectivity index (χ2n) is 6.33. The van der Waals surface area contributed by atoms with Crippen molar-refractivity contribution in [2.45, 2.75) is 25.3 Å². The van der Waals surface area contributed by atoms with Gasteiger partial charge in [-0.3, -0.25) is 4.90 Å². The Morgan fingerprint density at radius 1 is 0.913 bits per heavy atom. The van der Waals surface area contributed by atoms with E-state index in [4.69, 9.17) is 0 Å². The highest BCUT2D eigenvalue weighted by Crippen LogP contribution is 2.24. The lowest BCUT2D eigenvalue weighted by atomic mass is 10.1. The SMILES string of the molecule is CSc1ccc(CN2CCN(c3cccc(C)c3C)CC2)cc1. The topological polar surface area (TPSA) is 6.48 Å². The number of thioether (sulfide) groups is 1. The summed E-state index contributed by atoms with van der Waals surface area (Å²) in [5, 5.41) is 0. The minimum Gasteiger partial charge on any atom is -0.369 e. The molecule has 122 valence electrons. The summed E-state index contributed by atoms with van der Waals surface area (Å²) < 4.78 is 0. The number of benzene rings is 2. The van der Waals surface area contributed by atoms with Crippen molar-refractivity contribution in [1.82, 2.24) is 4.90 Å². The van der Waals surface area contributed by atoms with E-state index in [0.29, 0.717) is 0 Å². The smallest absolute Gasteiger partial charge is 0.0399 e. The number of piperazine rings is 1. The Kier molecular flexibility index (Phi) is 5.29. The zero-order valence-corrected chi connectivity index (χ0v) is 15.2. The molecule has 1 aliphatic rings. The van der Waals surface area contributed by atoms with Crippen LogP contribution in [0.4, 0.5) is 5.69 Å². The highest BCUT2D eigenvalue weighted by molar-refractivity contribution is 7.98. The zero-order chi connectivity index (χ0) is 16.2. The monoisotopic (exact) mass is 326 g/mol. The lowest BCUT2D eigenvalue weighted by Crippen LogP contribution is -2.46. The molecule has 1 heterocycles. The quantitative estimate of drug-likeness (QED) is 0.771. The first-order valence-corrected chi connectivity index (χ1v) is 9.56. The van der Waals surface area contributed by atoms with Crippen LogP contribution in [0.25, 0.3) is 0 Å². The van der Waals surface area contributed by atoms with E-state index in [-0.39, 0.29) is 0 Å². The van der Waals surface area contributed by atoms with Crippen LogP contribution in [0.5, 0.6) is 0 Å². The fraction of sp³-hybridized carbons (Fsp3) is 0.400. The molecule has 23 heavy (non-hydrogen) atoms. The largest absolute Gasteiger partial charge is 0.369 e. The Morgan fingerprint density at radius 3 is 2.26 bits per heavy atom. The fourth-order valence-corrected chi connectivity index (χ4v) is 3.62. The first-order chi connectivity index (χ1) is 11.2. The molecule has 2 aromatic carbocycles. The van der Waals surface area contributed by atoms with Gasteiger partial charge < -0.3 is 4.90 Å². The Hall–Kier alpha value is -1.45. The molecule has 0 spiro atoms. The van der Waals surface area contributed by atoms with Gasteiger partial charge >= 0.3 is 0 Å². The predicted molar refractivity (Wildman–Crippen MR) is 102 cm³/mol. The van der Waals surface area contributed by atoms with E-state index in [1.807, 2.05) is 0 Å². The van der Waals surface area contributed by atoms with Gasteiger partial charge in [0.25, 0.3) is 0 Å². The molecule has 0 N–H and O–H groups in total. The third kappa shape index (κ3) is 3.91. The van der Waals surface area contributed by atoms with Crippen LogP contribution in [-0.2, 0) is 6.54 Å². The molecule has 0 aliphatic carbocycles. The molecule has 1 fully saturated rings. The van der Waals surface area contributed by atoms with Crippen molar-refractivity contribution in [3.63, 3.8) is 0 Å². The van der Waals surface area contributed by atoms with Crippen LogP contribution in [0.15, 0.2) is 47.4 Å². The van der Waals surface area contributed by atoms with Gasteiger partial charge in [0.1, 0.15) is 0 Å². The summed E-state index contributed by atoms with van der Waals surface area (Å²) in [6, 6.07) is 15.6. The molecule has 0 radical (unpaired) electrons. The summed E-state index contributed by atoms with van der Waals surface area (Å²) in [6.07, 6.45) is 2.13. The molecule has 1 aliphatic heterocycles. The maximum absolute atomic E-state index is 2.57. The number of aryl methyl sites for hydroxylation is 1. The molecule has 1 saturated heterocycles. The maximum Gasteiger partial charge on any atom is 0.0399 e.